The minimum Gasteiger partial charge on any atom is -0.382 e. The smallest absolute Gasteiger partial charge is 0.147 e. The minimum absolute atomic E-state index is 0.604. The number of nitrogens with one attached hydrogen (secondary N) is 1. The summed E-state index contributed by atoms with van der Waals surface area (Å²) >= 11 is 1.45. The maximum atomic E-state index is 6.02. The lowest BCUT2D eigenvalue weighted by molar-refractivity contribution is 0.373. The Bertz CT molecular complexity index is 546. The van der Waals surface area contributed by atoms with E-state index in [0.29, 0.717) is 5.82 Å². The predicted molar refractivity (Wildman–Crippen MR) is 84.8 cm³/mol. The molecule has 3 rings (SSSR count). The van der Waals surface area contributed by atoms with Crippen molar-refractivity contribution in [2.45, 2.75) is 32.1 Å². The summed E-state index contributed by atoms with van der Waals surface area (Å²) in [5, 5.41) is 4.64. The number of anilines is 2. The number of nitrogen functional groups attached to an aromatic ring is 1. The van der Waals surface area contributed by atoms with Crippen molar-refractivity contribution in [1.29, 1.82) is 0 Å². The normalized spacial score (nSPS) is 16.2. The highest BCUT2D eigenvalue weighted by atomic mass is 32.1. The Morgan fingerprint density at radius 3 is 2.70 bits per heavy atom. The monoisotopic (exact) mass is 288 g/mol. The van der Waals surface area contributed by atoms with Crippen LogP contribution in [0.4, 0.5) is 10.8 Å². The van der Waals surface area contributed by atoms with Crippen LogP contribution in [0.5, 0.6) is 0 Å². The number of pyridine rings is 1. The summed E-state index contributed by atoms with van der Waals surface area (Å²) in [5.74, 6) is 1.39. The largest absolute Gasteiger partial charge is 0.382 e. The Labute approximate surface area is 123 Å². The Morgan fingerprint density at radius 2 is 1.95 bits per heavy atom. The molecular weight excluding hydrogens is 268 g/mol. The summed E-state index contributed by atoms with van der Waals surface area (Å²) in [6.07, 6.45) is 10.4. The van der Waals surface area contributed by atoms with E-state index in [9.17, 15) is 0 Å². The minimum atomic E-state index is 0.604. The molecular formula is C15H20N4S. The van der Waals surface area contributed by atoms with Crippen LogP contribution in [0.2, 0.25) is 0 Å². The molecule has 1 aliphatic carbocycles. The molecule has 1 fully saturated rings. The van der Waals surface area contributed by atoms with Crippen molar-refractivity contribution >= 4 is 22.4 Å². The van der Waals surface area contributed by atoms with Crippen molar-refractivity contribution in [2.24, 2.45) is 5.92 Å². The van der Waals surface area contributed by atoms with Gasteiger partial charge in [-0.05, 0) is 48.0 Å². The van der Waals surface area contributed by atoms with Crippen LogP contribution in [0, 0.1) is 5.92 Å². The molecule has 0 aliphatic heterocycles. The highest BCUT2D eigenvalue weighted by molar-refractivity contribution is 7.11. The number of rotatable bonds is 4. The van der Waals surface area contributed by atoms with Gasteiger partial charge in [0.05, 0.1) is 5.56 Å². The molecule has 2 aromatic rings. The van der Waals surface area contributed by atoms with Gasteiger partial charge < -0.3 is 11.1 Å². The SMILES string of the molecule is Nc1nsc(NCC2CCCCC2)c1-c1ccncc1. The van der Waals surface area contributed by atoms with Crippen molar-refractivity contribution in [2.75, 3.05) is 17.6 Å². The fraction of sp³-hybridized carbons (Fsp3) is 0.467. The maximum Gasteiger partial charge on any atom is 0.147 e. The number of aromatic nitrogens is 2. The second-order valence-electron chi connectivity index (χ2n) is 5.39. The van der Waals surface area contributed by atoms with Crippen LogP contribution in [0.1, 0.15) is 32.1 Å². The summed E-state index contributed by atoms with van der Waals surface area (Å²) in [6.45, 7) is 1.03. The fourth-order valence-corrected chi connectivity index (χ4v) is 3.59. The Hall–Kier alpha value is -1.62. The van der Waals surface area contributed by atoms with Gasteiger partial charge in [-0.15, -0.1) is 0 Å². The lowest BCUT2D eigenvalue weighted by Gasteiger charge is -2.22. The number of nitrogens with two attached hydrogens (primary N) is 1. The van der Waals surface area contributed by atoms with Crippen molar-refractivity contribution < 1.29 is 0 Å². The van der Waals surface area contributed by atoms with E-state index in [1.54, 1.807) is 12.4 Å². The first-order valence-electron chi connectivity index (χ1n) is 7.24. The molecule has 0 atom stereocenters. The molecule has 5 heteroatoms. The van der Waals surface area contributed by atoms with Crippen molar-refractivity contribution in [1.82, 2.24) is 9.36 Å². The third-order valence-electron chi connectivity index (χ3n) is 3.96. The Balaban J connectivity index is 1.74. The van der Waals surface area contributed by atoms with Crippen molar-refractivity contribution in [3.63, 3.8) is 0 Å². The van der Waals surface area contributed by atoms with Crippen molar-refractivity contribution in [3.05, 3.63) is 24.5 Å². The van der Waals surface area contributed by atoms with Crippen LogP contribution >= 0.6 is 11.5 Å². The van der Waals surface area contributed by atoms with Gasteiger partial charge >= 0.3 is 0 Å². The van der Waals surface area contributed by atoms with Crippen LogP contribution in [0.15, 0.2) is 24.5 Å². The van der Waals surface area contributed by atoms with Gasteiger partial charge in [0.15, 0.2) is 0 Å². The second kappa shape index (κ2) is 6.22. The summed E-state index contributed by atoms with van der Waals surface area (Å²) in [5.41, 5.74) is 8.12. The van der Waals surface area contributed by atoms with E-state index >= 15 is 0 Å². The number of hydrogen-bond acceptors (Lipinski definition) is 5. The van der Waals surface area contributed by atoms with Gasteiger partial charge in [0.25, 0.3) is 0 Å². The molecule has 0 amide bonds. The van der Waals surface area contributed by atoms with Gasteiger partial charge in [0, 0.05) is 18.9 Å². The van der Waals surface area contributed by atoms with Gasteiger partial charge in [-0.2, -0.15) is 4.37 Å². The van der Waals surface area contributed by atoms with Gasteiger partial charge in [0.2, 0.25) is 0 Å². The first kappa shape index (κ1) is 13.4. The zero-order valence-corrected chi connectivity index (χ0v) is 12.3. The molecule has 106 valence electrons. The van der Waals surface area contributed by atoms with E-state index in [2.05, 4.69) is 14.7 Å². The lowest BCUT2D eigenvalue weighted by Crippen LogP contribution is -2.16. The molecule has 3 N–H and O–H groups in total. The molecule has 2 aromatic heterocycles. The van der Waals surface area contributed by atoms with Gasteiger partial charge in [-0.25, -0.2) is 0 Å². The van der Waals surface area contributed by atoms with E-state index in [0.717, 1.165) is 28.6 Å². The molecule has 4 nitrogen and oxygen atoms in total. The second-order valence-corrected chi connectivity index (χ2v) is 6.17. The fourth-order valence-electron chi connectivity index (χ4n) is 2.85. The number of hydrogen-bond donors (Lipinski definition) is 2. The maximum absolute atomic E-state index is 6.02. The molecule has 20 heavy (non-hydrogen) atoms. The van der Waals surface area contributed by atoms with Crippen LogP contribution in [-0.2, 0) is 0 Å². The molecule has 0 saturated heterocycles. The van der Waals surface area contributed by atoms with E-state index < -0.39 is 0 Å². The van der Waals surface area contributed by atoms with Crippen LogP contribution in [0.25, 0.3) is 11.1 Å². The van der Waals surface area contributed by atoms with Crippen LogP contribution < -0.4 is 11.1 Å². The lowest BCUT2D eigenvalue weighted by atomic mass is 9.89. The molecule has 1 saturated carbocycles. The van der Waals surface area contributed by atoms with Crippen LogP contribution in [0.3, 0.4) is 0 Å². The van der Waals surface area contributed by atoms with Crippen molar-refractivity contribution in [3.8, 4) is 11.1 Å². The first-order valence-corrected chi connectivity index (χ1v) is 8.01. The highest BCUT2D eigenvalue weighted by Crippen LogP contribution is 2.37. The van der Waals surface area contributed by atoms with Gasteiger partial charge in [0.1, 0.15) is 10.8 Å². The molecule has 1 aliphatic rings. The quantitative estimate of drug-likeness (QED) is 0.898. The van der Waals surface area contributed by atoms with Crippen LogP contribution in [-0.4, -0.2) is 15.9 Å². The van der Waals surface area contributed by atoms with E-state index in [4.69, 9.17) is 5.73 Å². The topological polar surface area (TPSA) is 63.8 Å². The zero-order valence-electron chi connectivity index (χ0n) is 11.5. The molecule has 0 radical (unpaired) electrons. The molecule has 0 unspecified atom stereocenters. The number of nitrogens with zero attached hydrogens (tertiary/aromatic N) is 2. The third kappa shape index (κ3) is 2.93. The highest BCUT2D eigenvalue weighted by Gasteiger charge is 2.17. The Kier molecular flexibility index (Phi) is 4.16. The van der Waals surface area contributed by atoms with Gasteiger partial charge in [-0.3, -0.25) is 4.98 Å². The average molecular weight is 288 g/mol. The third-order valence-corrected chi connectivity index (χ3v) is 4.78. The summed E-state index contributed by atoms with van der Waals surface area (Å²) in [4.78, 5) is 4.06. The predicted octanol–water partition coefficient (Wildman–Crippen LogP) is 3.78. The van der Waals surface area contributed by atoms with Gasteiger partial charge in [-0.1, -0.05) is 19.3 Å². The summed E-state index contributed by atoms with van der Waals surface area (Å²) in [7, 11) is 0. The summed E-state index contributed by atoms with van der Waals surface area (Å²) < 4.78 is 4.29. The Morgan fingerprint density at radius 1 is 1.20 bits per heavy atom. The first-order chi connectivity index (χ1) is 9.84. The van der Waals surface area contributed by atoms with E-state index in [1.165, 1.54) is 43.6 Å². The molecule has 2 heterocycles. The summed E-state index contributed by atoms with van der Waals surface area (Å²) in [6, 6.07) is 3.96. The molecule has 0 aromatic carbocycles. The molecule has 0 bridgehead atoms. The zero-order chi connectivity index (χ0) is 13.8. The standard InChI is InChI=1S/C15H20N4S/c16-14-13(12-6-8-17-9-7-12)15(20-19-14)18-10-11-4-2-1-3-5-11/h6-9,11,18H,1-5,10H2,(H2,16,19). The molecule has 0 spiro atoms. The van der Waals surface area contributed by atoms with E-state index in [-0.39, 0.29) is 0 Å². The van der Waals surface area contributed by atoms with E-state index in [1.807, 2.05) is 12.1 Å². The average Bonchev–Trinajstić information content (AvgIpc) is 2.88.